The molecule has 2 nitrogen and oxygen atoms in total. The van der Waals surface area contributed by atoms with Gasteiger partial charge in [0.15, 0.2) is 0 Å². The third-order valence-electron chi connectivity index (χ3n) is 5.56. The second kappa shape index (κ2) is 6.38. The fraction of sp³-hybridized carbons (Fsp3) is 1.00. The highest BCUT2D eigenvalue weighted by Crippen LogP contribution is 2.58. The summed E-state index contributed by atoms with van der Waals surface area (Å²) in [5.41, 5.74) is 0.757. The van der Waals surface area contributed by atoms with E-state index >= 15 is 0 Å². The van der Waals surface area contributed by atoms with Crippen LogP contribution in [0.3, 0.4) is 0 Å². The molecule has 2 aliphatic rings. The molecule has 1 unspecified atom stereocenters. The largest absolute Gasteiger partial charge is 0.317 e. The van der Waals surface area contributed by atoms with Gasteiger partial charge >= 0.3 is 0 Å². The number of piperidine rings is 1. The van der Waals surface area contributed by atoms with Crippen LogP contribution in [0.25, 0.3) is 0 Å². The van der Waals surface area contributed by atoms with Crippen molar-refractivity contribution < 1.29 is 0 Å². The smallest absolute Gasteiger partial charge is 0.00152 e. The Hall–Kier alpha value is -0.0800. The maximum absolute atomic E-state index is 3.51. The van der Waals surface area contributed by atoms with Gasteiger partial charge in [-0.25, -0.2) is 0 Å². The molecular formula is C16H32N2. The Labute approximate surface area is 114 Å². The van der Waals surface area contributed by atoms with Crippen LogP contribution in [-0.4, -0.2) is 37.6 Å². The van der Waals surface area contributed by atoms with Crippen LogP contribution in [-0.2, 0) is 0 Å². The van der Waals surface area contributed by atoms with Crippen LogP contribution < -0.4 is 5.32 Å². The number of hydrogen-bond acceptors (Lipinski definition) is 2. The van der Waals surface area contributed by atoms with E-state index < -0.39 is 0 Å². The van der Waals surface area contributed by atoms with Gasteiger partial charge < -0.3 is 10.2 Å². The summed E-state index contributed by atoms with van der Waals surface area (Å²) in [6, 6.07) is 0. The average Bonchev–Trinajstić information content (AvgIpc) is 3.06. The highest BCUT2D eigenvalue weighted by molar-refractivity contribution is 5.05. The Kier molecular flexibility index (Phi) is 5.08. The topological polar surface area (TPSA) is 15.3 Å². The van der Waals surface area contributed by atoms with Crippen molar-refractivity contribution in [2.45, 2.75) is 52.9 Å². The first kappa shape index (κ1) is 14.3. The maximum atomic E-state index is 3.51. The quantitative estimate of drug-likeness (QED) is 0.749. The molecule has 1 aliphatic heterocycles. The molecule has 1 saturated carbocycles. The molecule has 106 valence electrons. The van der Waals surface area contributed by atoms with Gasteiger partial charge in [-0.05, 0) is 56.1 Å². The van der Waals surface area contributed by atoms with E-state index in [9.17, 15) is 0 Å². The van der Waals surface area contributed by atoms with E-state index in [0.717, 1.165) is 17.3 Å². The lowest BCUT2D eigenvalue weighted by Gasteiger charge is -2.28. The predicted octanol–water partition coefficient (Wildman–Crippen LogP) is 3.13. The standard InChI is InChI=1S/C16H32N2/c1-4-14(5-2)12-18(6-3)13-15-11-16(15)7-9-17-10-8-16/h14-15,17H,4-13H2,1-3H3. The van der Waals surface area contributed by atoms with Crippen LogP contribution in [0.4, 0.5) is 0 Å². The van der Waals surface area contributed by atoms with Gasteiger partial charge in [-0.1, -0.05) is 33.6 Å². The molecule has 0 amide bonds. The fourth-order valence-corrected chi connectivity index (χ4v) is 3.78. The average molecular weight is 252 g/mol. The second-order valence-electron chi connectivity index (χ2n) is 6.55. The first-order valence-electron chi connectivity index (χ1n) is 8.17. The molecular weight excluding hydrogens is 220 g/mol. The number of rotatable bonds is 7. The van der Waals surface area contributed by atoms with Gasteiger partial charge in [0.05, 0.1) is 0 Å². The summed E-state index contributed by atoms with van der Waals surface area (Å²) in [6.45, 7) is 13.5. The number of nitrogens with one attached hydrogen (secondary N) is 1. The lowest BCUT2D eigenvalue weighted by atomic mass is 9.91. The van der Waals surface area contributed by atoms with E-state index in [1.54, 1.807) is 0 Å². The summed E-state index contributed by atoms with van der Waals surface area (Å²) < 4.78 is 0. The minimum Gasteiger partial charge on any atom is -0.317 e. The summed E-state index contributed by atoms with van der Waals surface area (Å²) in [4.78, 5) is 2.72. The summed E-state index contributed by atoms with van der Waals surface area (Å²) in [6.07, 6.45) is 7.05. The molecule has 2 heteroatoms. The van der Waals surface area contributed by atoms with Gasteiger partial charge in [0.1, 0.15) is 0 Å². The highest BCUT2D eigenvalue weighted by atomic mass is 15.1. The summed E-state index contributed by atoms with van der Waals surface area (Å²) in [5, 5.41) is 3.51. The zero-order valence-electron chi connectivity index (χ0n) is 12.7. The van der Waals surface area contributed by atoms with E-state index in [1.807, 2.05) is 0 Å². The summed E-state index contributed by atoms with van der Waals surface area (Å²) >= 11 is 0. The number of hydrogen-bond donors (Lipinski definition) is 1. The molecule has 1 aliphatic carbocycles. The van der Waals surface area contributed by atoms with Crippen molar-refractivity contribution in [2.75, 3.05) is 32.7 Å². The second-order valence-corrected chi connectivity index (χ2v) is 6.55. The van der Waals surface area contributed by atoms with Gasteiger partial charge in [-0.3, -0.25) is 0 Å². The Morgan fingerprint density at radius 3 is 2.39 bits per heavy atom. The zero-order chi connectivity index (χ0) is 13.0. The third kappa shape index (κ3) is 3.27. The van der Waals surface area contributed by atoms with Crippen LogP contribution in [0, 0.1) is 17.3 Å². The van der Waals surface area contributed by atoms with Gasteiger partial charge in [-0.15, -0.1) is 0 Å². The molecule has 2 rings (SSSR count). The van der Waals surface area contributed by atoms with Crippen molar-refractivity contribution in [2.24, 2.45) is 17.3 Å². The van der Waals surface area contributed by atoms with E-state index in [4.69, 9.17) is 0 Å². The molecule has 0 aromatic heterocycles. The van der Waals surface area contributed by atoms with Gasteiger partial charge in [0.2, 0.25) is 0 Å². The minimum atomic E-state index is 0.757. The van der Waals surface area contributed by atoms with Gasteiger partial charge in [0.25, 0.3) is 0 Å². The van der Waals surface area contributed by atoms with Crippen molar-refractivity contribution in [3.8, 4) is 0 Å². The molecule has 2 fully saturated rings. The van der Waals surface area contributed by atoms with Gasteiger partial charge in [0, 0.05) is 13.1 Å². The molecule has 1 heterocycles. The van der Waals surface area contributed by atoms with E-state index in [-0.39, 0.29) is 0 Å². The predicted molar refractivity (Wildman–Crippen MR) is 78.8 cm³/mol. The first-order chi connectivity index (χ1) is 8.74. The first-order valence-corrected chi connectivity index (χ1v) is 8.17. The van der Waals surface area contributed by atoms with Crippen molar-refractivity contribution in [1.82, 2.24) is 10.2 Å². The van der Waals surface area contributed by atoms with Gasteiger partial charge in [-0.2, -0.15) is 0 Å². The molecule has 1 N–H and O–H groups in total. The van der Waals surface area contributed by atoms with Crippen molar-refractivity contribution in [3.63, 3.8) is 0 Å². The molecule has 0 bridgehead atoms. The van der Waals surface area contributed by atoms with Crippen molar-refractivity contribution in [1.29, 1.82) is 0 Å². The van der Waals surface area contributed by atoms with Crippen LogP contribution >= 0.6 is 0 Å². The van der Waals surface area contributed by atoms with Crippen LogP contribution in [0.15, 0.2) is 0 Å². The summed E-state index contributed by atoms with van der Waals surface area (Å²) in [5.74, 6) is 1.92. The molecule has 0 aromatic rings. The maximum Gasteiger partial charge on any atom is 0.00152 e. The minimum absolute atomic E-state index is 0.757. The van der Waals surface area contributed by atoms with E-state index in [2.05, 4.69) is 31.0 Å². The lowest BCUT2D eigenvalue weighted by Crippen LogP contribution is -2.34. The van der Waals surface area contributed by atoms with E-state index in [1.165, 1.54) is 64.8 Å². The SMILES string of the molecule is CCC(CC)CN(CC)CC1CC12CCNCC2. The van der Waals surface area contributed by atoms with Crippen LogP contribution in [0.1, 0.15) is 52.9 Å². The molecule has 1 saturated heterocycles. The summed E-state index contributed by atoms with van der Waals surface area (Å²) in [7, 11) is 0. The van der Waals surface area contributed by atoms with Crippen LogP contribution in [0.5, 0.6) is 0 Å². The fourth-order valence-electron chi connectivity index (χ4n) is 3.78. The highest BCUT2D eigenvalue weighted by Gasteiger charge is 2.53. The van der Waals surface area contributed by atoms with E-state index in [0.29, 0.717) is 0 Å². The normalized spacial score (nSPS) is 26.2. The molecule has 18 heavy (non-hydrogen) atoms. The van der Waals surface area contributed by atoms with Crippen LogP contribution in [0.2, 0.25) is 0 Å². The Morgan fingerprint density at radius 1 is 1.17 bits per heavy atom. The molecule has 0 aromatic carbocycles. The lowest BCUT2D eigenvalue weighted by molar-refractivity contribution is 0.203. The Balaban J connectivity index is 1.77. The zero-order valence-corrected chi connectivity index (χ0v) is 12.7. The Bertz CT molecular complexity index is 241. The number of nitrogens with zero attached hydrogens (tertiary/aromatic N) is 1. The molecule has 0 radical (unpaired) electrons. The molecule has 1 spiro atoms. The third-order valence-corrected chi connectivity index (χ3v) is 5.56. The van der Waals surface area contributed by atoms with Crippen molar-refractivity contribution in [3.05, 3.63) is 0 Å². The van der Waals surface area contributed by atoms with Crippen molar-refractivity contribution >= 4 is 0 Å². The Morgan fingerprint density at radius 2 is 1.83 bits per heavy atom. The monoisotopic (exact) mass is 252 g/mol. The molecule has 1 atom stereocenters.